The molecule has 1 saturated heterocycles. The van der Waals surface area contributed by atoms with Crippen molar-refractivity contribution in [2.24, 2.45) is 0 Å². The van der Waals surface area contributed by atoms with Crippen molar-refractivity contribution in [3.05, 3.63) is 65.9 Å². The van der Waals surface area contributed by atoms with Crippen LogP contribution in [0.15, 0.2) is 54.7 Å². The van der Waals surface area contributed by atoms with Gasteiger partial charge in [-0.05, 0) is 35.7 Å². The summed E-state index contributed by atoms with van der Waals surface area (Å²) in [7, 11) is 0. The monoisotopic (exact) mass is 363 g/mol. The standard InChI is InChI=1S/C22H25N3O2/c26-22(23-10-9-18-16-24-21-4-2-1-3-20(18)21)15-17-5-7-19(8-6-17)25-11-13-27-14-12-25/h1-8,16,24H,9-15H2,(H,23,26). The lowest BCUT2D eigenvalue weighted by molar-refractivity contribution is -0.120. The lowest BCUT2D eigenvalue weighted by atomic mass is 10.1. The van der Waals surface area contributed by atoms with Gasteiger partial charge in [0.1, 0.15) is 0 Å². The van der Waals surface area contributed by atoms with Crippen LogP contribution in [0.5, 0.6) is 0 Å². The van der Waals surface area contributed by atoms with Crippen molar-refractivity contribution >= 4 is 22.5 Å². The van der Waals surface area contributed by atoms with Crippen LogP contribution in [-0.4, -0.2) is 43.7 Å². The summed E-state index contributed by atoms with van der Waals surface area (Å²) in [5, 5.41) is 4.26. The molecule has 1 aliphatic rings. The molecule has 0 bridgehead atoms. The Morgan fingerprint density at radius 2 is 1.85 bits per heavy atom. The Bertz CT molecular complexity index is 895. The first-order chi connectivity index (χ1) is 13.3. The highest BCUT2D eigenvalue weighted by atomic mass is 16.5. The molecule has 5 nitrogen and oxygen atoms in total. The number of morpholine rings is 1. The molecule has 3 aromatic rings. The van der Waals surface area contributed by atoms with Gasteiger partial charge in [0.15, 0.2) is 0 Å². The molecule has 1 aliphatic heterocycles. The number of benzene rings is 2. The van der Waals surface area contributed by atoms with Crippen molar-refractivity contribution in [3.8, 4) is 0 Å². The molecular weight excluding hydrogens is 338 g/mol. The second kappa shape index (κ2) is 8.27. The molecule has 2 N–H and O–H groups in total. The van der Waals surface area contributed by atoms with Crippen molar-refractivity contribution in [2.45, 2.75) is 12.8 Å². The predicted octanol–water partition coefficient (Wildman–Crippen LogP) is 2.91. The fraction of sp³-hybridized carbons (Fsp3) is 0.318. The van der Waals surface area contributed by atoms with Crippen LogP contribution in [0.2, 0.25) is 0 Å². The molecule has 1 fully saturated rings. The van der Waals surface area contributed by atoms with E-state index in [1.165, 1.54) is 16.6 Å². The SMILES string of the molecule is O=C(Cc1ccc(N2CCOCC2)cc1)NCCc1c[nH]c2ccccc12. The number of fused-ring (bicyclic) bond motifs is 1. The van der Waals surface area contributed by atoms with E-state index in [0.717, 1.165) is 43.8 Å². The van der Waals surface area contributed by atoms with E-state index in [1.807, 2.05) is 30.5 Å². The molecule has 2 heterocycles. The molecule has 0 spiro atoms. The Kier molecular flexibility index (Phi) is 5.39. The van der Waals surface area contributed by atoms with Crippen LogP contribution in [0.3, 0.4) is 0 Å². The summed E-state index contributed by atoms with van der Waals surface area (Å²) in [6, 6.07) is 16.5. The first kappa shape index (κ1) is 17.6. The Balaban J connectivity index is 1.26. The van der Waals surface area contributed by atoms with Crippen LogP contribution in [0.25, 0.3) is 10.9 Å². The van der Waals surface area contributed by atoms with E-state index < -0.39 is 0 Å². The minimum atomic E-state index is 0.0639. The van der Waals surface area contributed by atoms with Gasteiger partial charge in [0.05, 0.1) is 19.6 Å². The van der Waals surface area contributed by atoms with E-state index >= 15 is 0 Å². The summed E-state index contributed by atoms with van der Waals surface area (Å²) in [6.07, 6.45) is 3.27. The van der Waals surface area contributed by atoms with E-state index in [0.29, 0.717) is 13.0 Å². The molecular formula is C22H25N3O2. The highest BCUT2D eigenvalue weighted by Gasteiger charge is 2.11. The molecule has 2 aromatic carbocycles. The van der Waals surface area contributed by atoms with Crippen molar-refractivity contribution in [2.75, 3.05) is 37.7 Å². The van der Waals surface area contributed by atoms with Gasteiger partial charge < -0.3 is 19.9 Å². The fourth-order valence-electron chi connectivity index (χ4n) is 3.57. The number of anilines is 1. The van der Waals surface area contributed by atoms with E-state index in [1.54, 1.807) is 0 Å². The number of carbonyl (C=O) groups excluding carboxylic acids is 1. The average Bonchev–Trinajstić information content (AvgIpc) is 3.12. The van der Waals surface area contributed by atoms with Gasteiger partial charge in [-0.25, -0.2) is 0 Å². The second-order valence-corrected chi connectivity index (χ2v) is 6.90. The summed E-state index contributed by atoms with van der Waals surface area (Å²) >= 11 is 0. The van der Waals surface area contributed by atoms with E-state index in [2.05, 4.69) is 39.5 Å². The number of hydrogen-bond donors (Lipinski definition) is 2. The van der Waals surface area contributed by atoms with Crippen LogP contribution < -0.4 is 10.2 Å². The van der Waals surface area contributed by atoms with Gasteiger partial charge in [-0.3, -0.25) is 4.79 Å². The maximum absolute atomic E-state index is 12.2. The van der Waals surface area contributed by atoms with Crippen molar-refractivity contribution in [3.63, 3.8) is 0 Å². The zero-order chi connectivity index (χ0) is 18.5. The maximum atomic E-state index is 12.2. The molecule has 0 aliphatic carbocycles. The number of para-hydroxylation sites is 1. The largest absolute Gasteiger partial charge is 0.378 e. The predicted molar refractivity (Wildman–Crippen MR) is 108 cm³/mol. The lowest BCUT2D eigenvalue weighted by Crippen LogP contribution is -2.36. The zero-order valence-electron chi connectivity index (χ0n) is 15.4. The van der Waals surface area contributed by atoms with Crippen LogP contribution >= 0.6 is 0 Å². The molecule has 0 saturated carbocycles. The van der Waals surface area contributed by atoms with E-state index in [-0.39, 0.29) is 5.91 Å². The summed E-state index contributed by atoms with van der Waals surface area (Å²) in [5.41, 5.74) is 4.61. The highest BCUT2D eigenvalue weighted by Crippen LogP contribution is 2.18. The molecule has 1 amide bonds. The number of nitrogens with one attached hydrogen (secondary N) is 2. The van der Waals surface area contributed by atoms with Gasteiger partial charge in [0.25, 0.3) is 0 Å². The number of carbonyl (C=O) groups is 1. The minimum Gasteiger partial charge on any atom is -0.378 e. The Hall–Kier alpha value is -2.79. The third kappa shape index (κ3) is 4.31. The zero-order valence-corrected chi connectivity index (χ0v) is 15.4. The topological polar surface area (TPSA) is 57.4 Å². The molecule has 1 aromatic heterocycles. The van der Waals surface area contributed by atoms with E-state index in [4.69, 9.17) is 4.74 Å². The number of rotatable bonds is 6. The highest BCUT2D eigenvalue weighted by molar-refractivity contribution is 5.83. The van der Waals surface area contributed by atoms with Crippen LogP contribution in [0, 0.1) is 0 Å². The van der Waals surface area contributed by atoms with Crippen LogP contribution in [-0.2, 0) is 22.4 Å². The summed E-state index contributed by atoms with van der Waals surface area (Å²) in [4.78, 5) is 17.8. The van der Waals surface area contributed by atoms with Crippen LogP contribution in [0.4, 0.5) is 5.69 Å². The smallest absolute Gasteiger partial charge is 0.224 e. The fourth-order valence-corrected chi connectivity index (χ4v) is 3.57. The third-order valence-corrected chi connectivity index (χ3v) is 5.07. The maximum Gasteiger partial charge on any atom is 0.224 e. The summed E-state index contributed by atoms with van der Waals surface area (Å²) < 4.78 is 5.39. The van der Waals surface area contributed by atoms with Gasteiger partial charge in [-0.2, -0.15) is 0 Å². The second-order valence-electron chi connectivity index (χ2n) is 6.90. The Morgan fingerprint density at radius 1 is 1.07 bits per heavy atom. The van der Waals surface area contributed by atoms with Crippen molar-refractivity contribution in [1.82, 2.24) is 10.3 Å². The molecule has 27 heavy (non-hydrogen) atoms. The van der Waals surface area contributed by atoms with Gasteiger partial charge in [-0.1, -0.05) is 30.3 Å². The lowest BCUT2D eigenvalue weighted by Gasteiger charge is -2.28. The molecule has 140 valence electrons. The number of nitrogens with zero attached hydrogens (tertiary/aromatic N) is 1. The van der Waals surface area contributed by atoms with Gasteiger partial charge >= 0.3 is 0 Å². The van der Waals surface area contributed by atoms with Gasteiger partial charge in [0, 0.05) is 42.4 Å². The minimum absolute atomic E-state index is 0.0639. The number of hydrogen-bond acceptors (Lipinski definition) is 3. The average molecular weight is 363 g/mol. The van der Waals surface area contributed by atoms with E-state index in [9.17, 15) is 4.79 Å². The first-order valence-electron chi connectivity index (χ1n) is 9.53. The Morgan fingerprint density at radius 3 is 2.67 bits per heavy atom. The molecule has 0 atom stereocenters. The van der Waals surface area contributed by atoms with Gasteiger partial charge in [0.2, 0.25) is 5.91 Å². The molecule has 0 unspecified atom stereocenters. The van der Waals surface area contributed by atoms with Crippen LogP contribution in [0.1, 0.15) is 11.1 Å². The number of aromatic amines is 1. The molecule has 5 heteroatoms. The van der Waals surface area contributed by atoms with Crippen molar-refractivity contribution in [1.29, 1.82) is 0 Å². The summed E-state index contributed by atoms with van der Waals surface area (Å²) in [5.74, 6) is 0.0639. The third-order valence-electron chi connectivity index (χ3n) is 5.07. The number of ether oxygens (including phenoxy) is 1. The van der Waals surface area contributed by atoms with Gasteiger partial charge in [-0.15, -0.1) is 0 Å². The quantitative estimate of drug-likeness (QED) is 0.708. The number of aromatic nitrogens is 1. The molecule has 4 rings (SSSR count). The normalized spacial score (nSPS) is 14.4. The number of amides is 1. The Labute approximate surface area is 159 Å². The first-order valence-corrected chi connectivity index (χ1v) is 9.53. The summed E-state index contributed by atoms with van der Waals surface area (Å²) in [6.45, 7) is 4.05. The van der Waals surface area contributed by atoms with Crippen molar-refractivity contribution < 1.29 is 9.53 Å². The molecule has 0 radical (unpaired) electrons. The number of H-pyrrole nitrogens is 1.